The van der Waals surface area contributed by atoms with E-state index in [4.69, 9.17) is 11.6 Å². The van der Waals surface area contributed by atoms with Gasteiger partial charge in [-0.15, -0.1) is 11.3 Å². The average molecular weight is 237 g/mol. The molecule has 0 saturated carbocycles. The minimum absolute atomic E-state index is 0.748. The zero-order valence-electron chi connectivity index (χ0n) is 7.94. The number of rotatable bonds is 3. The Kier molecular flexibility index (Phi) is 3.19. The van der Waals surface area contributed by atoms with Crippen LogP contribution in [0.15, 0.2) is 35.7 Å². The van der Waals surface area contributed by atoms with Crippen molar-refractivity contribution in [3.05, 3.63) is 56.7 Å². The molecular weight excluding hydrogens is 228 g/mol. The van der Waals surface area contributed by atoms with E-state index in [2.05, 4.69) is 0 Å². The molecule has 0 spiro atoms. The maximum atomic E-state index is 10.5. The maximum Gasteiger partial charge on any atom is 0.160 e. The molecule has 0 bridgehead atoms. The summed E-state index contributed by atoms with van der Waals surface area (Å²) < 4.78 is 0. The highest BCUT2D eigenvalue weighted by molar-refractivity contribution is 7.11. The third-order valence-electron chi connectivity index (χ3n) is 2.11. The lowest BCUT2D eigenvalue weighted by atomic mass is 10.1. The lowest BCUT2D eigenvalue weighted by Crippen LogP contribution is -1.84. The molecule has 76 valence electrons. The van der Waals surface area contributed by atoms with Crippen molar-refractivity contribution in [2.75, 3.05) is 0 Å². The van der Waals surface area contributed by atoms with Gasteiger partial charge in [-0.1, -0.05) is 23.7 Å². The summed E-state index contributed by atoms with van der Waals surface area (Å²) in [5, 5.41) is 2.76. The number of benzene rings is 1. The number of hydrogen-bond acceptors (Lipinski definition) is 2. The predicted octanol–water partition coefficient (Wildman–Crippen LogP) is 3.80. The molecule has 3 heteroatoms. The summed E-state index contributed by atoms with van der Waals surface area (Å²) in [4.78, 5) is 11.3. The smallest absolute Gasteiger partial charge is 0.160 e. The second-order valence-corrected chi connectivity index (χ2v) is 4.66. The van der Waals surface area contributed by atoms with Crippen LogP contribution in [-0.4, -0.2) is 6.29 Å². The quantitative estimate of drug-likeness (QED) is 0.741. The molecular formula is C12H9ClOS. The van der Waals surface area contributed by atoms with Gasteiger partial charge in [-0.2, -0.15) is 0 Å². The molecule has 1 aromatic carbocycles. The van der Waals surface area contributed by atoms with E-state index in [-0.39, 0.29) is 0 Å². The minimum Gasteiger partial charge on any atom is -0.297 e. The molecule has 0 radical (unpaired) electrons. The highest BCUT2D eigenvalue weighted by Crippen LogP contribution is 2.17. The third-order valence-corrected chi connectivity index (χ3v) is 3.27. The summed E-state index contributed by atoms with van der Waals surface area (Å²) in [5.41, 5.74) is 2.37. The van der Waals surface area contributed by atoms with E-state index in [9.17, 15) is 4.79 Å². The van der Waals surface area contributed by atoms with Gasteiger partial charge in [0.25, 0.3) is 0 Å². The van der Waals surface area contributed by atoms with Crippen molar-refractivity contribution < 1.29 is 4.79 Å². The molecule has 0 unspecified atom stereocenters. The second-order valence-electron chi connectivity index (χ2n) is 3.28. The first-order valence-corrected chi connectivity index (χ1v) is 5.81. The van der Waals surface area contributed by atoms with E-state index < -0.39 is 0 Å². The molecule has 0 atom stereocenters. The molecule has 2 aromatic rings. The Morgan fingerprint density at radius 3 is 2.53 bits per heavy atom. The summed E-state index contributed by atoms with van der Waals surface area (Å²) in [7, 11) is 0. The minimum atomic E-state index is 0.748. The molecule has 1 heterocycles. The van der Waals surface area contributed by atoms with Gasteiger partial charge in [0.05, 0.1) is 4.88 Å². The SMILES string of the molecule is O=Cc1cc(Cc2ccc(Cl)cc2)cs1. The lowest BCUT2D eigenvalue weighted by molar-refractivity contribution is 0.112. The van der Waals surface area contributed by atoms with Gasteiger partial charge in [-0.3, -0.25) is 4.79 Å². The fraction of sp³-hybridized carbons (Fsp3) is 0.0833. The molecule has 0 aliphatic rings. The highest BCUT2D eigenvalue weighted by atomic mass is 35.5. The third kappa shape index (κ3) is 2.67. The van der Waals surface area contributed by atoms with E-state index in [1.54, 1.807) is 0 Å². The molecule has 0 N–H and O–H groups in total. The van der Waals surface area contributed by atoms with Crippen LogP contribution in [0, 0.1) is 0 Å². The Morgan fingerprint density at radius 1 is 1.20 bits per heavy atom. The van der Waals surface area contributed by atoms with Crippen molar-refractivity contribution in [2.45, 2.75) is 6.42 Å². The van der Waals surface area contributed by atoms with Crippen molar-refractivity contribution in [3.63, 3.8) is 0 Å². The molecule has 1 aromatic heterocycles. The van der Waals surface area contributed by atoms with Crippen LogP contribution in [0.2, 0.25) is 5.02 Å². The second kappa shape index (κ2) is 4.60. The van der Waals surface area contributed by atoms with E-state index in [0.29, 0.717) is 0 Å². The van der Waals surface area contributed by atoms with E-state index >= 15 is 0 Å². The van der Waals surface area contributed by atoms with Gasteiger partial charge in [-0.05, 0) is 41.1 Å². The Morgan fingerprint density at radius 2 is 1.93 bits per heavy atom. The Labute approximate surface area is 97.3 Å². The van der Waals surface area contributed by atoms with Crippen LogP contribution in [-0.2, 0) is 6.42 Å². The van der Waals surface area contributed by atoms with Crippen LogP contribution in [0.3, 0.4) is 0 Å². The Hall–Kier alpha value is -1.12. The van der Waals surface area contributed by atoms with E-state index in [1.807, 2.05) is 35.7 Å². The Bertz CT molecular complexity index is 459. The maximum absolute atomic E-state index is 10.5. The van der Waals surface area contributed by atoms with Crippen LogP contribution in [0.4, 0.5) is 0 Å². The van der Waals surface area contributed by atoms with Crippen molar-refractivity contribution >= 4 is 29.2 Å². The van der Waals surface area contributed by atoms with Crippen molar-refractivity contribution in [3.8, 4) is 0 Å². The van der Waals surface area contributed by atoms with Crippen LogP contribution >= 0.6 is 22.9 Å². The summed E-state index contributed by atoms with van der Waals surface area (Å²) >= 11 is 7.27. The first-order valence-electron chi connectivity index (χ1n) is 4.55. The fourth-order valence-corrected chi connectivity index (χ4v) is 2.23. The predicted molar refractivity (Wildman–Crippen MR) is 64.0 cm³/mol. The molecule has 15 heavy (non-hydrogen) atoms. The van der Waals surface area contributed by atoms with Crippen LogP contribution in [0.1, 0.15) is 20.8 Å². The monoisotopic (exact) mass is 236 g/mol. The van der Waals surface area contributed by atoms with E-state index in [0.717, 1.165) is 22.6 Å². The molecule has 0 aliphatic heterocycles. The number of carbonyl (C=O) groups excluding carboxylic acids is 1. The summed E-state index contributed by atoms with van der Waals surface area (Å²) in [6.07, 6.45) is 1.73. The number of hydrogen-bond donors (Lipinski definition) is 0. The van der Waals surface area contributed by atoms with Gasteiger partial charge in [0, 0.05) is 5.02 Å². The molecule has 0 aliphatic carbocycles. The standard InChI is InChI=1S/C12H9ClOS/c13-11-3-1-9(2-4-11)5-10-6-12(7-14)15-8-10/h1-4,6-8H,5H2. The average Bonchev–Trinajstić information content (AvgIpc) is 2.69. The number of thiophene rings is 1. The number of carbonyl (C=O) groups is 1. The zero-order valence-corrected chi connectivity index (χ0v) is 9.52. The van der Waals surface area contributed by atoms with Gasteiger partial charge >= 0.3 is 0 Å². The Balaban J connectivity index is 2.14. The molecule has 2 rings (SSSR count). The van der Waals surface area contributed by atoms with Crippen LogP contribution < -0.4 is 0 Å². The number of aldehydes is 1. The zero-order chi connectivity index (χ0) is 10.7. The van der Waals surface area contributed by atoms with Crippen molar-refractivity contribution in [1.82, 2.24) is 0 Å². The molecule has 0 fully saturated rings. The number of halogens is 1. The van der Waals surface area contributed by atoms with Gasteiger partial charge < -0.3 is 0 Å². The van der Waals surface area contributed by atoms with E-state index in [1.165, 1.54) is 22.5 Å². The molecule has 1 nitrogen and oxygen atoms in total. The summed E-state index contributed by atoms with van der Waals surface area (Å²) in [6.45, 7) is 0. The van der Waals surface area contributed by atoms with Gasteiger partial charge in [0.1, 0.15) is 0 Å². The normalized spacial score (nSPS) is 10.2. The highest BCUT2D eigenvalue weighted by Gasteiger charge is 2.00. The molecule has 0 saturated heterocycles. The first kappa shape index (κ1) is 10.4. The first-order chi connectivity index (χ1) is 7.28. The van der Waals surface area contributed by atoms with Gasteiger partial charge in [0.2, 0.25) is 0 Å². The molecule has 0 amide bonds. The topological polar surface area (TPSA) is 17.1 Å². The van der Waals surface area contributed by atoms with Crippen LogP contribution in [0.25, 0.3) is 0 Å². The van der Waals surface area contributed by atoms with Crippen molar-refractivity contribution in [2.24, 2.45) is 0 Å². The summed E-state index contributed by atoms with van der Waals surface area (Å²) in [6, 6.07) is 9.68. The summed E-state index contributed by atoms with van der Waals surface area (Å²) in [5.74, 6) is 0. The fourth-order valence-electron chi connectivity index (χ4n) is 1.39. The largest absolute Gasteiger partial charge is 0.297 e. The van der Waals surface area contributed by atoms with Crippen molar-refractivity contribution in [1.29, 1.82) is 0 Å². The lowest BCUT2D eigenvalue weighted by Gasteiger charge is -1.98. The van der Waals surface area contributed by atoms with Gasteiger partial charge in [0.15, 0.2) is 6.29 Å². The van der Waals surface area contributed by atoms with Gasteiger partial charge in [-0.25, -0.2) is 0 Å². The van der Waals surface area contributed by atoms with Crippen LogP contribution in [0.5, 0.6) is 0 Å².